The molecular formula is C32H61NO3. The first-order valence-corrected chi connectivity index (χ1v) is 15.8. The lowest BCUT2D eigenvalue weighted by Gasteiger charge is -2.27. The second-order valence-electron chi connectivity index (χ2n) is 11.1. The zero-order chi connectivity index (χ0) is 26.1. The summed E-state index contributed by atoms with van der Waals surface area (Å²) in [5.41, 5.74) is 0. The second kappa shape index (κ2) is 24.5. The molecule has 1 aliphatic carbocycles. The fraction of sp³-hybridized carbons (Fsp3) is 0.906. The lowest BCUT2D eigenvalue weighted by Crippen LogP contribution is -2.31. The van der Waals surface area contributed by atoms with E-state index in [1.807, 2.05) is 0 Å². The first-order chi connectivity index (χ1) is 17.7. The average Bonchev–Trinajstić information content (AvgIpc) is 2.90. The number of hydrogen-bond donors (Lipinski definition) is 0. The smallest absolute Gasteiger partial charge is 0.308 e. The molecular weight excluding hydrogens is 446 g/mol. The van der Waals surface area contributed by atoms with E-state index in [-0.39, 0.29) is 11.9 Å². The van der Waals surface area contributed by atoms with Gasteiger partial charge in [-0.2, -0.15) is 0 Å². The molecule has 0 amide bonds. The predicted octanol–water partition coefficient (Wildman–Crippen LogP) is 8.73. The van der Waals surface area contributed by atoms with Crippen molar-refractivity contribution in [1.29, 1.82) is 0 Å². The number of rotatable bonds is 25. The van der Waals surface area contributed by atoms with Crippen molar-refractivity contribution >= 4 is 5.97 Å². The molecule has 1 saturated carbocycles. The molecule has 0 bridgehead atoms. The molecule has 0 atom stereocenters. The largest absolute Gasteiger partial charge is 0.465 e. The standard InChI is InChI=1S/C32H61NO3/c1-4-7-10-12-14-16-18-24-33(25-19-17-15-13-11-8-5-2)26-28-35-29-30-20-22-31(23-21-30)32(34)36-27-9-6-3/h6,30-31H,3-5,7-29H2,1-2H3. The SMILES string of the molecule is C=CCCOC(=O)C1CCC(COCCN(CCCCCCCCC)CCCCCCCCC)CC1. The highest BCUT2D eigenvalue weighted by molar-refractivity contribution is 5.72. The molecule has 0 saturated heterocycles. The minimum absolute atomic E-state index is 0.0115. The Hall–Kier alpha value is -0.870. The van der Waals surface area contributed by atoms with Crippen LogP contribution in [0.25, 0.3) is 0 Å². The number of carbonyl (C=O) groups is 1. The van der Waals surface area contributed by atoms with E-state index in [4.69, 9.17) is 9.47 Å². The molecule has 0 aromatic heterocycles. The summed E-state index contributed by atoms with van der Waals surface area (Å²) in [6, 6.07) is 0. The topological polar surface area (TPSA) is 38.8 Å². The number of ether oxygens (including phenoxy) is 2. The van der Waals surface area contributed by atoms with Gasteiger partial charge in [0.05, 0.1) is 19.1 Å². The molecule has 0 aliphatic heterocycles. The summed E-state index contributed by atoms with van der Waals surface area (Å²) in [6.45, 7) is 13.9. The summed E-state index contributed by atoms with van der Waals surface area (Å²) in [6.07, 6.45) is 25.9. The quantitative estimate of drug-likeness (QED) is 0.0703. The van der Waals surface area contributed by atoms with Gasteiger partial charge in [0.25, 0.3) is 0 Å². The number of unbranched alkanes of at least 4 members (excludes halogenated alkanes) is 12. The van der Waals surface area contributed by atoms with Crippen molar-refractivity contribution in [1.82, 2.24) is 4.90 Å². The van der Waals surface area contributed by atoms with Gasteiger partial charge in [-0.15, -0.1) is 6.58 Å². The van der Waals surface area contributed by atoms with Crippen LogP contribution in [0, 0.1) is 11.8 Å². The molecule has 4 heteroatoms. The molecule has 1 rings (SSSR count). The van der Waals surface area contributed by atoms with E-state index in [0.29, 0.717) is 12.5 Å². The van der Waals surface area contributed by atoms with Gasteiger partial charge in [0.2, 0.25) is 0 Å². The Kier molecular flexibility index (Phi) is 22.5. The van der Waals surface area contributed by atoms with Crippen molar-refractivity contribution in [2.45, 2.75) is 136 Å². The van der Waals surface area contributed by atoms with E-state index in [2.05, 4.69) is 25.3 Å². The van der Waals surface area contributed by atoms with Gasteiger partial charge >= 0.3 is 5.97 Å². The van der Waals surface area contributed by atoms with Gasteiger partial charge in [0.1, 0.15) is 0 Å². The van der Waals surface area contributed by atoms with Crippen LogP contribution < -0.4 is 0 Å². The van der Waals surface area contributed by atoms with Crippen molar-refractivity contribution in [3.05, 3.63) is 12.7 Å². The van der Waals surface area contributed by atoms with Crippen molar-refractivity contribution in [3.63, 3.8) is 0 Å². The van der Waals surface area contributed by atoms with Gasteiger partial charge in [-0.25, -0.2) is 0 Å². The highest BCUT2D eigenvalue weighted by Crippen LogP contribution is 2.29. The minimum atomic E-state index is -0.0115. The van der Waals surface area contributed by atoms with E-state index in [1.54, 1.807) is 6.08 Å². The molecule has 0 spiro atoms. The Morgan fingerprint density at radius 1 is 0.750 bits per heavy atom. The van der Waals surface area contributed by atoms with Gasteiger partial charge in [-0.1, -0.05) is 97.0 Å². The van der Waals surface area contributed by atoms with Crippen LogP contribution in [-0.4, -0.2) is 50.3 Å². The van der Waals surface area contributed by atoms with Crippen LogP contribution in [0.4, 0.5) is 0 Å². The van der Waals surface area contributed by atoms with E-state index in [0.717, 1.165) is 51.9 Å². The van der Waals surface area contributed by atoms with Crippen molar-refractivity contribution < 1.29 is 14.3 Å². The van der Waals surface area contributed by atoms with E-state index in [1.165, 1.54) is 103 Å². The Labute approximate surface area is 225 Å². The Morgan fingerprint density at radius 3 is 1.81 bits per heavy atom. The molecule has 36 heavy (non-hydrogen) atoms. The summed E-state index contributed by atoms with van der Waals surface area (Å²) in [5.74, 6) is 0.676. The fourth-order valence-electron chi connectivity index (χ4n) is 5.29. The number of nitrogens with zero attached hydrogens (tertiary/aromatic N) is 1. The third kappa shape index (κ3) is 18.4. The van der Waals surface area contributed by atoms with Gasteiger partial charge in [-0.3, -0.25) is 4.79 Å². The second-order valence-corrected chi connectivity index (χ2v) is 11.1. The van der Waals surface area contributed by atoms with Gasteiger partial charge in [0.15, 0.2) is 0 Å². The van der Waals surface area contributed by atoms with Crippen molar-refractivity contribution in [2.24, 2.45) is 11.8 Å². The fourth-order valence-corrected chi connectivity index (χ4v) is 5.29. The maximum atomic E-state index is 12.2. The Bertz CT molecular complexity index is 484. The number of esters is 1. The monoisotopic (exact) mass is 507 g/mol. The highest BCUT2D eigenvalue weighted by Gasteiger charge is 2.27. The normalized spacial score (nSPS) is 18.0. The molecule has 0 aromatic rings. The summed E-state index contributed by atoms with van der Waals surface area (Å²) in [5, 5.41) is 0. The van der Waals surface area contributed by atoms with Crippen molar-refractivity contribution in [2.75, 3.05) is 39.5 Å². The molecule has 1 aliphatic rings. The average molecular weight is 508 g/mol. The third-order valence-electron chi connectivity index (χ3n) is 7.81. The van der Waals surface area contributed by atoms with Crippen LogP contribution in [0.3, 0.4) is 0 Å². The molecule has 0 aromatic carbocycles. The van der Waals surface area contributed by atoms with Gasteiger partial charge in [-0.05, 0) is 64.0 Å². The molecule has 0 unspecified atom stereocenters. The predicted molar refractivity (Wildman–Crippen MR) is 154 cm³/mol. The molecule has 212 valence electrons. The highest BCUT2D eigenvalue weighted by atomic mass is 16.5. The van der Waals surface area contributed by atoms with Gasteiger partial charge in [0, 0.05) is 13.2 Å². The Balaban J connectivity index is 2.20. The maximum absolute atomic E-state index is 12.2. The van der Waals surface area contributed by atoms with Crippen molar-refractivity contribution in [3.8, 4) is 0 Å². The Morgan fingerprint density at radius 2 is 1.28 bits per heavy atom. The summed E-state index contributed by atoms with van der Waals surface area (Å²) in [7, 11) is 0. The van der Waals surface area contributed by atoms with Crippen LogP contribution >= 0.6 is 0 Å². The van der Waals surface area contributed by atoms with Crippen LogP contribution in [0.2, 0.25) is 0 Å². The van der Waals surface area contributed by atoms with Crippen LogP contribution in [-0.2, 0) is 14.3 Å². The molecule has 1 fully saturated rings. The zero-order valence-electron chi connectivity index (χ0n) is 24.3. The first-order valence-electron chi connectivity index (χ1n) is 15.8. The molecule has 0 N–H and O–H groups in total. The van der Waals surface area contributed by atoms with Crippen LogP contribution in [0.15, 0.2) is 12.7 Å². The molecule has 0 radical (unpaired) electrons. The lowest BCUT2D eigenvalue weighted by atomic mass is 9.82. The zero-order valence-corrected chi connectivity index (χ0v) is 24.3. The number of carbonyl (C=O) groups excluding carboxylic acids is 1. The van der Waals surface area contributed by atoms with E-state index >= 15 is 0 Å². The van der Waals surface area contributed by atoms with Gasteiger partial charge < -0.3 is 14.4 Å². The van der Waals surface area contributed by atoms with E-state index in [9.17, 15) is 4.79 Å². The third-order valence-corrected chi connectivity index (χ3v) is 7.81. The molecule has 0 heterocycles. The minimum Gasteiger partial charge on any atom is -0.465 e. The summed E-state index contributed by atoms with van der Waals surface area (Å²) >= 11 is 0. The van der Waals surface area contributed by atoms with Crippen LogP contribution in [0.1, 0.15) is 136 Å². The molecule has 4 nitrogen and oxygen atoms in total. The summed E-state index contributed by atoms with van der Waals surface area (Å²) < 4.78 is 11.5. The lowest BCUT2D eigenvalue weighted by molar-refractivity contribution is -0.150. The summed E-state index contributed by atoms with van der Waals surface area (Å²) in [4.78, 5) is 14.8. The maximum Gasteiger partial charge on any atom is 0.308 e. The first kappa shape index (κ1) is 33.2. The number of hydrogen-bond acceptors (Lipinski definition) is 4. The van der Waals surface area contributed by atoms with Crippen LogP contribution in [0.5, 0.6) is 0 Å². The van der Waals surface area contributed by atoms with E-state index < -0.39 is 0 Å².